The number of benzene rings is 1. The minimum absolute atomic E-state index is 0.220. The molecule has 128 valence electrons. The van der Waals surface area contributed by atoms with Gasteiger partial charge in [-0.15, -0.1) is 0 Å². The van der Waals surface area contributed by atoms with Gasteiger partial charge in [0.05, 0.1) is 0 Å². The molecule has 0 aromatic heterocycles. The highest BCUT2D eigenvalue weighted by Crippen LogP contribution is 2.22. The molecule has 1 aromatic carbocycles. The van der Waals surface area contributed by atoms with Crippen LogP contribution in [0.1, 0.15) is 38.3 Å². The highest BCUT2D eigenvalue weighted by molar-refractivity contribution is 9.10. The Bertz CT molecular complexity index is 569. The number of amides is 1. The van der Waals surface area contributed by atoms with Gasteiger partial charge in [-0.1, -0.05) is 22.0 Å². The number of hydrogen-bond donors (Lipinski definition) is 0. The molecule has 0 saturated carbocycles. The summed E-state index contributed by atoms with van der Waals surface area (Å²) in [5.41, 5.74) is 2.19. The summed E-state index contributed by atoms with van der Waals surface area (Å²) >= 11 is 3.54. The summed E-state index contributed by atoms with van der Waals surface area (Å²) in [5, 5.41) is 0. The van der Waals surface area contributed by atoms with Crippen LogP contribution in [0.25, 0.3) is 0 Å². The highest BCUT2D eigenvalue weighted by atomic mass is 79.9. The van der Waals surface area contributed by atoms with E-state index in [2.05, 4.69) is 46.0 Å². The first-order chi connectivity index (χ1) is 10.7. The van der Waals surface area contributed by atoms with Crippen molar-refractivity contribution in [3.8, 4) is 0 Å². The molecule has 1 aromatic rings. The van der Waals surface area contributed by atoms with Gasteiger partial charge in [0.1, 0.15) is 5.60 Å². The number of carbonyl (C=O) groups excluding carboxylic acids is 1. The highest BCUT2D eigenvalue weighted by Gasteiger charge is 2.31. The Morgan fingerprint density at radius 3 is 2.78 bits per heavy atom. The fourth-order valence-corrected chi connectivity index (χ4v) is 3.21. The van der Waals surface area contributed by atoms with Gasteiger partial charge in [0.15, 0.2) is 0 Å². The van der Waals surface area contributed by atoms with E-state index in [-0.39, 0.29) is 12.1 Å². The van der Waals surface area contributed by atoms with Crippen LogP contribution in [-0.2, 0) is 11.3 Å². The van der Waals surface area contributed by atoms with Gasteiger partial charge in [0.25, 0.3) is 0 Å². The second kappa shape index (κ2) is 7.22. The van der Waals surface area contributed by atoms with Gasteiger partial charge in [0.2, 0.25) is 0 Å². The van der Waals surface area contributed by atoms with Crippen LogP contribution in [0, 0.1) is 6.92 Å². The number of hydrogen-bond acceptors (Lipinski definition) is 3. The van der Waals surface area contributed by atoms with Crippen molar-refractivity contribution in [2.24, 2.45) is 0 Å². The normalized spacial score (nSPS) is 19.0. The van der Waals surface area contributed by atoms with Crippen molar-refractivity contribution >= 4 is 22.0 Å². The molecule has 0 N–H and O–H groups in total. The second-order valence-corrected chi connectivity index (χ2v) is 8.26. The molecule has 0 aliphatic carbocycles. The molecule has 1 aliphatic heterocycles. The minimum atomic E-state index is -0.447. The Hall–Kier alpha value is -1.07. The van der Waals surface area contributed by atoms with Gasteiger partial charge in [0, 0.05) is 37.2 Å². The first kappa shape index (κ1) is 18.3. The van der Waals surface area contributed by atoms with E-state index in [0.717, 1.165) is 30.5 Å². The third-order valence-electron chi connectivity index (χ3n) is 4.18. The predicted octanol–water partition coefficient (Wildman–Crippen LogP) is 4.20. The maximum atomic E-state index is 12.2. The zero-order valence-corrected chi connectivity index (χ0v) is 16.3. The van der Waals surface area contributed by atoms with Crippen molar-refractivity contribution in [1.29, 1.82) is 0 Å². The second-order valence-electron chi connectivity index (χ2n) is 7.34. The number of ether oxygens (including phenoxy) is 1. The van der Waals surface area contributed by atoms with Gasteiger partial charge >= 0.3 is 6.09 Å². The minimum Gasteiger partial charge on any atom is -0.444 e. The summed E-state index contributed by atoms with van der Waals surface area (Å²) in [4.78, 5) is 16.3. The molecule has 1 heterocycles. The molecule has 23 heavy (non-hydrogen) atoms. The summed E-state index contributed by atoms with van der Waals surface area (Å²) in [6, 6.07) is 6.61. The first-order valence-corrected chi connectivity index (χ1v) is 8.88. The lowest BCUT2D eigenvalue weighted by molar-refractivity contribution is 0.0228. The molecular formula is C18H27BrN2O2. The van der Waals surface area contributed by atoms with Gasteiger partial charge in [-0.2, -0.15) is 0 Å². The Morgan fingerprint density at radius 1 is 1.43 bits per heavy atom. The number of nitrogens with zero attached hydrogens (tertiary/aromatic N) is 2. The maximum Gasteiger partial charge on any atom is 0.410 e. The molecule has 1 atom stereocenters. The zero-order valence-electron chi connectivity index (χ0n) is 14.7. The summed E-state index contributed by atoms with van der Waals surface area (Å²) in [5.74, 6) is 0. The average molecular weight is 383 g/mol. The van der Waals surface area contributed by atoms with Crippen molar-refractivity contribution in [2.45, 2.75) is 52.3 Å². The SMILES string of the molecule is Cc1ccc(Br)cc1CN1CCC(N(C)C(=O)OC(C)(C)C)C1. The van der Waals surface area contributed by atoms with E-state index in [0.29, 0.717) is 0 Å². The van der Waals surface area contributed by atoms with E-state index in [4.69, 9.17) is 4.74 Å². The van der Waals surface area contributed by atoms with E-state index in [9.17, 15) is 4.79 Å². The van der Waals surface area contributed by atoms with Crippen LogP contribution in [0.5, 0.6) is 0 Å². The predicted molar refractivity (Wildman–Crippen MR) is 96.6 cm³/mol. The third kappa shape index (κ3) is 5.21. The number of likely N-dealkylation sites (N-methyl/N-ethyl adjacent to an activating group) is 1. The van der Waals surface area contributed by atoms with Crippen LogP contribution in [0.2, 0.25) is 0 Å². The van der Waals surface area contributed by atoms with Crippen molar-refractivity contribution in [2.75, 3.05) is 20.1 Å². The molecule has 2 rings (SSSR count). The summed E-state index contributed by atoms with van der Waals surface area (Å²) < 4.78 is 6.57. The molecular weight excluding hydrogens is 356 g/mol. The van der Waals surface area contributed by atoms with Crippen LogP contribution in [0.3, 0.4) is 0 Å². The number of carbonyl (C=O) groups is 1. The Morgan fingerprint density at radius 2 is 2.13 bits per heavy atom. The Labute approximate surface area is 147 Å². The van der Waals surface area contributed by atoms with Gasteiger partial charge in [-0.3, -0.25) is 4.90 Å². The zero-order chi connectivity index (χ0) is 17.2. The lowest BCUT2D eigenvalue weighted by atomic mass is 10.1. The quantitative estimate of drug-likeness (QED) is 0.784. The number of likely N-dealkylation sites (tertiary alicyclic amines) is 1. The molecule has 1 aliphatic rings. The lowest BCUT2D eigenvalue weighted by Crippen LogP contribution is -2.42. The van der Waals surface area contributed by atoms with E-state index in [1.807, 2.05) is 27.8 Å². The van der Waals surface area contributed by atoms with E-state index >= 15 is 0 Å². The molecule has 1 saturated heterocycles. The fraction of sp³-hybridized carbons (Fsp3) is 0.611. The molecule has 1 amide bonds. The molecule has 0 bridgehead atoms. The lowest BCUT2D eigenvalue weighted by Gasteiger charge is -2.28. The summed E-state index contributed by atoms with van der Waals surface area (Å²) in [7, 11) is 1.84. The Kier molecular flexibility index (Phi) is 5.74. The van der Waals surface area contributed by atoms with Gasteiger partial charge in [-0.25, -0.2) is 4.79 Å². The van der Waals surface area contributed by atoms with Crippen molar-refractivity contribution in [3.63, 3.8) is 0 Å². The number of rotatable bonds is 3. The maximum absolute atomic E-state index is 12.2. The van der Waals surface area contributed by atoms with Crippen LogP contribution >= 0.6 is 15.9 Å². The Balaban J connectivity index is 1.93. The molecule has 4 nitrogen and oxygen atoms in total. The van der Waals surface area contributed by atoms with Gasteiger partial charge < -0.3 is 9.64 Å². The van der Waals surface area contributed by atoms with Crippen LogP contribution in [-0.4, -0.2) is 47.7 Å². The molecule has 1 unspecified atom stereocenters. The molecule has 0 radical (unpaired) electrons. The van der Waals surface area contributed by atoms with Gasteiger partial charge in [-0.05, 0) is 57.4 Å². The van der Waals surface area contributed by atoms with E-state index in [1.54, 1.807) is 4.90 Å². The first-order valence-electron chi connectivity index (χ1n) is 8.09. The van der Waals surface area contributed by atoms with Crippen LogP contribution in [0.15, 0.2) is 22.7 Å². The van der Waals surface area contributed by atoms with Crippen molar-refractivity contribution < 1.29 is 9.53 Å². The van der Waals surface area contributed by atoms with Crippen molar-refractivity contribution in [1.82, 2.24) is 9.80 Å². The van der Waals surface area contributed by atoms with E-state index in [1.165, 1.54) is 11.1 Å². The van der Waals surface area contributed by atoms with Crippen LogP contribution in [0.4, 0.5) is 4.79 Å². The topological polar surface area (TPSA) is 32.8 Å². The number of halogens is 1. The summed E-state index contributed by atoms with van der Waals surface area (Å²) in [6.07, 6.45) is 0.756. The van der Waals surface area contributed by atoms with Crippen molar-refractivity contribution in [3.05, 3.63) is 33.8 Å². The van der Waals surface area contributed by atoms with E-state index < -0.39 is 5.60 Å². The average Bonchev–Trinajstić information content (AvgIpc) is 2.88. The monoisotopic (exact) mass is 382 g/mol. The molecule has 5 heteroatoms. The fourth-order valence-electron chi connectivity index (χ4n) is 2.81. The third-order valence-corrected chi connectivity index (χ3v) is 4.68. The molecule has 1 fully saturated rings. The number of aryl methyl sites for hydroxylation is 1. The largest absolute Gasteiger partial charge is 0.444 e. The standard InChI is InChI=1S/C18H27BrN2O2/c1-13-6-7-15(19)10-14(13)11-21-9-8-16(12-21)20(5)17(22)23-18(2,3)4/h6-7,10,16H,8-9,11-12H2,1-5H3. The summed E-state index contributed by atoms with van der Waals surface area (Å²) in [6.45, 7) is 10.7. The molecule has 0 spiro atoms. The van der Waals surface area contributed by atoms with Crippen LogP contribution < -0.4 is 0 Å². The smallest absolute Gasteiger partial charge is 0.410 e.